The van der Waals surface area contributed by atoms with Crippen LogP contribution >= 0.6 is 0 Å². The average Bonchev–Trinajstić information content (AvgIpc) is 2.87. The summed E-state index contributed by atoms with van der Waals surface area (Å²) in [5.41, 5.74) is 0.942. The molecule has 0 saturated heterocycles. The second-order valence-corrected chi connectivity index (χ2v) is 4.57. The molecule has 0 atom stereocenters. The van der Waals surface area contributed by atoms with Crippen molar-refractivity contribution < 1.29 is 4.42 Å². The van der Waals surface area contributed by atoms with E-state index < -0.39 is 0 Å². The summed E-state index contributed by atoms with van der Waals surface area (Å²) in [4.78, 5) is 8.54. The fraction of sp³-hybridized carbons (Fsp3) is 0.583. The van der Waals surface area contributed by atoms with Gasteiger partial charge in [0, 0.05) is 6.04 Å². The molecule has 2 heterocycles. The zero-order valence-corrected chi connectivity index (χ0v) is 11.3. The van der Waals surface area contributed by atoms with Crippen LogP contribution < -0.4 is 5.32 Å². The van der Waals surface area contributed by atoms with Gasteiger partial charge in [-0.25, -0.2) is 14.6 Å². The first-order valence-electron chi connectivity index (χ1n) is 6.10. The quantitative estimate of drug-likeness (QED) is 0.874. The monoisotopic (exact) mass is 249 g/mol. The van der Waals surface area contributed by atoms with Gasteiger partial charge >= 0.3 is 0 Å². The highest BCUT2D eigenvalue weighted by molar-refractivity contribution is 5.05. The van der Waals surface area contributed by atoms with Crippen molar-refractivity contribution >= 4 is 0 Å². The summed E-state index contributed by atoms with van der Waals surface area (Å²) in [7, 11) is 0. The molecule has 98 valence electrons. The van der Waals surface area contributed by atoms with Crippen LogP contribution in [-0.4, -0.2) is 19.7 Å². The van der Waals surface area contributed by atoms with Gasteiger partial charge in [0.25, 0.3) is 0 Å². The minimum Gasteiger partial charge on any atom is -0.444 e. The Labute approximate surface area is 106 Å². The molecule has 0 aliphatic rings. The molecule has 6 heteroatoms. The number of nitrogens with one attached hydrogen (secondary N) is 1. The van der Waals surface area contributed by atoms with Crippen molar-refractivity contribution in [1.82, 2.24) is 25.1 Å². The van der Waals surface area contributed by atoms with E-state index in [9.17, 15) is 0 Å². The zero-order valence-electron chi connectivity index (χ0n) is 11.3. The fourth-order valence-electron chi connectivity index (χ4n) is 1.73. The first-order valence-corrected chi connectivity index (χ1v) is 6.10. The summed E-state index contributed by atoms with van der Waals surface area (Å²) in [5, 5.41) is 7.45. The van der Waals surface area contributed by atoms with Crippen molar-refractivity contribution in [2.75, 3.05) is 0 Å². The van der Waals surface area contributed by atoms with E-state index in [0.717, 1.165) is 17.3 Å². The number of aromatic nitrogens is 4. The molecule has 0 bridgehead atoms. The molecule has 0 fully saturated rings. The molecule has 0 aliphatic heterocycles. The molecule has 0 aliphatic carbocycles. The molecule has 6 nitrogen and oxygen atoms in total. The standard InChI is InChI=1S/C12H19N5O/c1-8(2)17-11(14-7-15-17)5-13-6-12-16-9(3)10(4)18-12/h7-8,13H,5-6H2,1-4H3. The number of aryl methyl sites for hydroxylation is 2. The minimum atomic E-state index is 0.315. The molecule has 0 radical (unpaired) electrons. The lowest BCUT2D eigenvalue weighted by Crippen LogP contribution is -2.18. The Hall–Kier alpha value is -1.69. The van der Waals surface area contributed by atoms with Gasteiger partial charge in [-0.15, -0.1) is 0 Å². The van der Waals surface area contributed by atoms with E-state index in [1.54, 1.807) is 6.33 Å². The van der Waals surface area contributed by atoms with Crippen LogP contribution in [0.4, 0.5) is 0 Å². The maximum absolute atomic E-state index is 5.49. The summed E-state index contributed by atoms with van der Waals surface area (Å²) in [5.74, 6) is 2.50. The number of oxazole rings is 1. The predicted octanol–water partition coefficient (Wildman–Crippen LogP) is 1.75. The lowest BCUT2D eigenvalue weighted by Gasteiger charge is -2.09. The molecule has 0 spiro atoms. The molecule has 0 aromatic carbocycles. The van der Waals surface area contributed by atoms with Crippen molar-refractivity contribution in [2.45, 2.75) is 46.8 Å². The first kappa shape index (κ1) is 12.8. The fourth-order valence-corrected chi connectivity index (χ4v) is 1.73. The number of hydrogen-bond acceptors (Lipinski definition) is 5. The van der Waals surface area contributed by atoms with Gasteiger partial charge in [0.1, 0.15) is 17.9 Å². The molecule has 2 aromatic rings. The second-order valence-electron chi connectivity index (χ2n) is 4.57. The molecule has 0 amide bonds. The summed E-state index contributed by atoms with van der Waals surface area (Å²) >= 11 is 0. The Morgan fingerprint density at radius 2 is 2.11 bits per heavy atom. The SMILES string of the molecule is Cc1nc(CNCc2ncnn2C(C)C)oc1C. The van der Waals surface area contributed by atoms with Crippen LogP contribution in [0.25, 0.3) is 0 Å². The maximum Gasteiger partial charge on any atom is 0.208 e. The van der Waals surface area contributed by atoms with Gasteiger partial charge in [0.2, 0.25) is 5.89 Å². The summed E-state index contributed by atoms with van der Waals surface area (Å²) in [6, 6.07) is 0.315. The highest BCUT2D eigenvalue weighted by Gasteiger charge is 2.08. The van der Waals surface area contributed by atoms with Crippen molar-refractivity contribution in [3.05, 3.63) is 29.5 Å². The predicted molar refractivity (Wildman–Crippen MR) is 66.9 cm³/mol. The van der Waals surface area contributed by atoms with E-state index >= 15 is 0 Å². The van der Waals surface area contributed by atoms with Gasteiger partial charge in [-0.3, -0.25) is 0 Å². The normalized spacial score (nSPS) is 11.4. The van der Waals surface area contributed by atoms with Gasteiger partial charge in [-0.2, -0.15) is 5.10 Å². The topological polar surface area (TPSA) is 68.8 Å². The highest BCUT2D eigenvalue weighted by atomic mass is 16.4. The van der Waals surface area contributed by atoms with Crippen molar-refractivity contribution in [3.8, 4) is 0 Å². The van der Waals surface area contributed by atoms with Gasteiger partial charge in [-0.1, -0.05) is 0 Å². The van der Waals surface area contributed by atoms with Crippen LogP contribution in [0.2, 0.25) is 0 Å². The van der Waals surface area contributed by atoms with E-state index in [4.69, 9.17) is 4.42 Å². The van der Waals surface area contributed by atoms with Crippen molar-refractivity contribution in [1.29, 1.82) is 0 Å². The Kier molecular flexibility index (Phi) is 3.76. The van der Waals surface area contributed by atoms with Crippen LogP contribution in [0.3, 0.4) is 0 Å². The Bertz CT molecular complexity index is 495. The molecule has 0 unspecified atom stereocenters. The second kappa shape index (κ2) is 5.30. The Balaban J connectivity index is 1.90. The van der Waals surface area contributed by atoms with Gasteiger partial charge in [-0.05, 0) is 27.7 Å². The van der Waals surface area contributed by atoms with Crippen LogP contribution in [0.5, 0.6) is 0 Å². The van der Waals surface area contributed by atoms with Gasteiger partial charge in [0.05, 0.1) is 18.8 Å². The minimum absolute atomic E-state index is 0.315. The van der Waals surface area contributed by atoms with Gasteiger partial charge in [0.15, 0.2) is 0 Å². The van der Waals surface area contributed by atoms with Crippen molar-refractivity contribution in [2.24, 2.45) is 0 Å². The van der Waals surface area contributed by atoms with Crippen molar-refractivity contribution in [3.63, 3.8) is 0 Å². The summed E-state index contributed by atoms with van der Waals surface area (Å²) in [6.07, 6.45) is 1.58. The van der Waals surface area contributed by atoms with E-state index in [0.29, 0.717) is 25.0 Å². The molecule has 0 saturated carbocycles. The van der Waals surface area contributed by atoms with E-state index in [2.05, 4.69) is 34.2 Å². The number of hydrogen-bond donors (Lipinski definition) is 1. The Morgan fingerprint density at radius 3 is 2.72 bits per heavy atom. The zero-order chi connectivity index (χ0) is 13.1. The largest absolute Gasteiger partial charge is 0.444 e. The van der Waals surface area contributed by atoms with E-state index in [1.165, 1.54) is 0 Å². The molecular formula is C12H19N5O. The first-order chi connectivity index (χ1) is 8.58. The molecule has 1 N–H and O–H groups in total. The lowest BCUT2D eigenvalue weighted by atomic mass is 10.4. The summed E-state index contributed by atoms with van der Waals surface area (Å²) in [6.45, 7) is 9.27. The Morgan fingerprint density at radius 1 is 1.33 bits per heavy atom. The van der Waals surface area contributed by atoms with E-state index in [-0.39, 0.29) is 0 Å². The summed E-state index contributed by atoms with van der Waals surface area (Å²) < 4.78 is 7.40. The molecular weight excluding hydrogens is 230 g/mol. The average molecular weight is 249 g/mol. The third kappa shape index (κ3) is 2.76. The highest BCUT2D eigenvalue weighted by Crippen LogP contribution is 2.08. The lowest BCUT2D eigenvalue weighted by molar-refractivity contribution is 0.437. The number of nitrogens with zero attached hydrogens (tertiary/aromatic N) is 4. The van der Waals surface area contributed by atoms with Crippen LogP contribution in [0, 0.1) is 13.8 Å². The van der Waals surface area contributed by atoms with E-state index in [1.807, 2.05) is 18.5 Å². The van der Waals surface area contributed by atoms with Crippen LogP contribution in [0.15, 0.2) is 10.7 Å². The van der Waals surface area contributed by atoms with Crippen LogP contribution in [0.1, 0.15) is 43.1 Å². The molecule has 2 rings (SSSR count). The third-order valence-corrected chi connectivity index (χ3v) is 2.77. The van der Waals surface area contributed by atoms with Gasteiger partial charge < -0.3 is 9.73 Å². The van der Waals surface area contributed by atoms with Crippen LogP contribution in [-0.2, 0) is 13.1 Å². The molecule has 2 aromatic heterocycles. The third-order valence-electron chi connectivity index (χ3n) is 2.77. The number of rotatable bonds is 5. The smallest absolute Gasteiger partial charge is 0.208 e. The molecule has 18 heavy (non-hydrogen) atoms. The maximum atomic E-state index is 5.49.